The van der Waals surface area contributed by atoms with Crippen molar-refractivity contribution < 1.29 is 9.18 Å². The number of carbonyl (C=O) groups excluding carboxylic acids is 1. The van der Waals surface area contributed by atoms with Crippen molar-refractivity contribution in [3.63, 3.8) is 0 Å². The third-order valence-corrected chi connectivity index (χ3v) is 8.49. The molecule has 3 aliphatic carbocycles. The smallest absolute Gasteiger partial charge is 0.160 e. The van der Waals surface area contributed by atoms with E-state index in [0.717, 1.165) is 41.6 Å². The van der Waals surface area contributed by atoms with Crippen LogP contribution < -0.4 is 0 Å². The SMILES string of the molecule is C[C@H]1C(=O)C(C#N)C[C@@]2(C)c3nc(-c4ccncc4C4CC4)nc(-c4ccccc4F)c3CC[C@H]12. The number of fused-ring (bicyclic) bond motifs is 3. The zero-order valence-corrected chi connectivity index (χ0v) is 20.0. The molecule has 35 heavy (non-hydrogen) atoms. The fraction of sp³-hybridized carbons (Fsp3) is 0.414. The topological polar surface area (TPSA) is 79.5 Å². The van der Waals surface area contributed by atoms with Gasteiger partial charge in [-0.25, -0.2) is 14.4 Å². The number of nitrogens with zero attached hydrogens (tertiary/aromatic N) is 4. The number of nitriles is 1. The lowest BCUT2D eigenvalue weighted by Gasteiger charge is -2.49. The van der Waals surface area contributed by atoms with E-state index in [-0.39, 0.29) is 23.4 Å². The van der Waals surface area contributed by atoms with Gasteiger partial charge in [0.25, 0.3) is 0 Å². The van der Waals surface area contributed by atoms with Gasteiger partial charge in [0.2, 0.25) is 0 Å². The molecule has 4 atom stereocenters. The highest BCUT2D eigenvalue weighted by Gasteiger charge is 2.53. The highest BCUT2D eigenvalue weighted by Crippen LogP contribution is 2.54. The molecule has 0 spiro atoms. The van der Waals surface area contributed by atoms with Crippen molar-refractivity contribution >= 4 is 5.78 Å². The predicted octanol–water partition coefficient (Wildman–Crippen LogP) is 5.79. The molecule has 0 N–H and O–H groups in total. The summed E-state index contributed by atoms with van der Waals surface area (Å²) in [6, 6.07) is 10.9. The average Bonchev–Trinajstić information content (AvgIpc) is 3.72. The van der Waals surface area contributed by atoms with E-state index in [1.54, 1.807) is 18.3 Å². The quantitative estimate of drug-likeness (QED) is 0.488. The fourth-order valence-corrected chi connectivity index (χ4v) is 6.51. The molecular formula is C29H27FN4O. The minimum Gasteiger partial charge on any atom is -0.298 e. The Morgan fingerprint density at radius 3 is 2.66 bits per heavy atom. The van der Waals surface area contributed by atoms with E-state index in [1.807, 2.05) is 25.3 Å². The maximum absolute atomic E-state index is 15.1. The van der Waals surface area contributed by atoms with E-state index >= 15 is 4.39 Å². The summed E-state index contributed by atoms with van der Waals surface area (Å²) < 4.78 is 15.1. The van der Waals surface area contributed by atoms with Gasteiger partial charge in [0.1, 0.15) is 11.7 Å². The van der Waals surface area contributed by atoms with E-state index in [1.165, 1.54) is 6.07 Å². The molecule has 2 heterocycles. The standard InChI is InChI=1S/C29H27FN4O/c1-16-23-10-9-21-25(20-5-3-4-6-24(20)30)33-28(19-11-12-32-15-22(19)17-7-8-17)34-27(21)29(23,2)13-18(14-31)26(16)35/h3-6,11-12,15-18,23H,7-10,13H2,1-2H3/t16-,18?,23-,29-/m1/s1. The minimum absolute atomic E-state index is 0.0344. The van der Waals surface area contributed by atoms with Crippen LogP contribution in [0.5, 0.6) is 0 Å². The van der Waals surface area contributed by atoms with Gasteiger partial charge in [-0.2, -0.15) is 5.26 Å². The van der Waals surface area contributed by atoms with Crippen LogP contribution in [-0.4, -0.2) is 20.7 Å². The third kappa shape index (κ3) is 3.40. The van der Waals surface area contributed by atoms with Gasteiger partial charge in [-0.05, 0) is 67.7 Å². The van der Waals surface area contributed by atoms with Gasteiger partial charge in [0.05, 0.1) is 17.5 Å². The highest BCUT2D eigenvalue weighted by atomic mass is 19.1. The molecule has 3 aromatic rings. The molecule has 6 rings (SSSR count). The number of halogens is 1. The highest BCUT2D eigenvalue weighted by molar-refractivity contribution is 5.87. The minimum atomic E-state index is -0.657. The van der Waals surface area contributed by atoms with E-state index in [4.69, 9.17) is 9.97 Å². The van der Waals surface area contributed by atoms with Gasteiger partial charge >= 0.3 is 0 Å². The molecule has 0 aliphatic heterocycles. The molecule has 0 bridgehead atoms. The fourth-order valence-electron chi connectivity index (χ4n) is 6.51. The van der Waals surface area contributed by atoms with E-state index in [0.29, 0.717) is 35.8 Å². The molecule has 2 saturated carbocycles. The Hall–Kier alpha value is -3.46. The molecule has 5 nitrogen and oxygen atoms in total. The van der Waals surface area contributed by atoms with Crippen LogP contribution in [0.1, 0.15) is 62.3 Å². The first-order valence-electron chi connectivity index (χ1n) is 12.5. The van der Waals surface area contributed by atoms with Crippen LogP contribution in [0.2, 0.25) is 0 Å². The first-order valence-corrected chi connectivity index (χ1v) is 12.5. The second-order valence-electron chi connectivity index (χ2n) is 10.6. The molecule has 1 unspecified atom stereocenters. The van der Waals surface area contributed by atoms with Gasteiger partial charge in [-0.1, -0.05) is 26.0 Å². The summed E-state index contributed by atoms with van der Waals surface area (Å²) in [5.74, 6) is -0.0397. The van der Waals surface area contributed by atoms with E-state index in [2.05, 4.69) is 18.0 Å². The zero-order chi connectivity index (χ0) is 24.3. The number of aromatic nitrogens is 3. The van der Waals surface area contributed by atoms with Crippen LogP contribution in [0.4, 0.5) is 4.39 Å². The number of carbonyl (C=O) groups is 1. The van der Waals surface area contributed by atoms with Crippen molar-refractivity contribution in [3.8, 4) is 28.7 Å². The summed E-state index contributed by atoms with van der Waals surface area (Å²) in [4.78, 5) is 27.4. The van der Waals surface area contributed by atoms with Crippen LogP contribution in [0, 0.1) is 34.9 Å². The molecule has 1 aromatic carbocycles. The van der Waals surface area contributed by atoms with Crippen LogP contribution in [0.3, 0.4) is 0 Å². The summed E-state index contributed by atoms with van der Waals surface area (Å²) in [6.45, 7) is 4.09. The van der Waals surface area contributed by atoms with Crippen LogP contribution in [-0.2, 0) is 16.6 Å². The summed E-state index contributed by atoms with van der Waals surface area (Å²) in [6.07, 6.45) is 7.80. The lowest BCUT2D eigenvalue weighted by atomic mass is 9.54. The third-order valence-electron chi connectivity index (χ3n) is 8.49. The maximum Gasteiger partial charge on any atom is 0.160 e. The van der Waals surface area contributed by atoms with Gasteiger partial charge in [-0.3, -0.25) is 9.78 Å². The number of ketones is 1. The summed E-state index contributed by atoms with van der Waals surface area (Å²) in [5, 5.41) is 9.78. The monoisotopic (exact) mass is 466 g/mol. The lowest BCUT2D eigenvalue weighted by molar-refractivity contribution is -0.132. The first-order chi connectivity index (χ1) is 16.9. The Morgan fingerprint density at radius 2 is 1.91 bits per heavy atom. The number of hydrogen-bond acceptors (Lipinski definition) is 5. The molecular weight excluding hydrogens is 439 g/mol. The average molecular weight is 467 g/mol. The molecule has 3 aliphatic rings. The number of benzene rings is 1. The molecule has 6 heteroatoms. The molecule has 0 radical (unpaired) electrons. The van der Waals surface area contributed by atoms with Gasteiger partial charge < -0.3 is 0 Å². The number of hydrogen-bond donors (Lipinski definition) is 0. The van der Waals surface area contributed by atoms with Crippen molar-refractivity contribution in [3.05, 3.63) is 65.4 Å². The Balaban J connectivity index is 1.62. The summed E-state index contributed by atoms with van der Waals surface area (Å²) in [7, 11) is 0. The van der Waals surface area contributed by atoms with Gasteiger partial charge in [0, 0.05) is 40.4 Å². The van der Waals surface area contributed by atoms with Crippen molar-refractivity contribution in [2.45, 2.75) is 57.3 Å². The second kappa shape index (κ2) is 8.05. The van der Waals surface area contributed by atoms with Crippen molar-refractivity contribution in [1.29, 1.82) is 5.26 Å². The lowest BCUT2D eigenvalue weighted by Crippen LogP contribution is -2.50. The Kier molecular flexibility index (Phi) is 5.07. The zero-order valence-electron chi connectivity index (χ0n) is 20.0. The van der Waals surface area contributed by atoms with Crippen LogP contribution in [0.15, 0.2) is 42.7 Å². The van der Waals surface area contributed by atoms with Gasteiger partial charge in [0.15, 0.2) is 11.6 Å². The van der Waals surface area contributed by atoms with Crippen molar-refractivity contribution in [2.75, 3.05) is 0 Å². The number of rotatable bonds is 3. The largest absolute Gasteiger partial charge is 0.298 e. The van der Waals surface area contributed by atoms with E-state index < -0.39 is 11.3 Å². The first kappa shape index (κ1) is 22.0. The predicted molar refractivity (Wildman–Crippen MR) is 130 cm³/mol. The Morgan fingerprint density at radius 1 is 1.11 bits per heavy atom. The number of pyridine rings is 1. The maximum atomic E-state index is 15.1. The molecule has 2 fully saturated rings. The summed E-state index contributed by atoms with van der Waals surface area (Å²) >= 11 is 0. The molecule has 0 saturated heterocycles. The van der Waals surface area contributed by atoms with Crippen LogP contribution >= 0.6 is 0 Å². The normalized spacial score (nSPS) is 27.6. The molecule has 2 aromatic heterocycles. The van der Waals surface area contributed by atoms with Crippen LogP contribution in [0.25, 0.3) is 22.6 Å². The number of Topliss-reactive ketones (excluding diaryl/α,β-unsaturated/α-hetero) is 1. The Labute approximate surface area is 204 Å². The Bertz CT molecular complexity index is 1390. The van der Waals surface area contributed by atoms with E-state index in [9.17, 15) is 10.1 Å². The van der Waals surface area contributed by atoms with Crippen molar-refractivity contribution in [2.24, 2.45) is 17.8 Å². The molecule has 176 valence electrons. The second-order valence-corrected chi connectivity index (χ2v) is 10.6. The van der Waals surface area contributed by atoms with Gasteiger partial charge in [-0.15, -0.1) is 0 Å². The molecule has 0 amide bonds. The summed E-state index contributed by atoms with van der Waals surface area (Å²) in [5.41, 5.74) is 4.50. The van der Waals surface area contributed by atoms with Crippen molar-refractivity contribution in [1.82, 2.24) is 15.0 Å².